The van der Waals surface area contributed by atoms with Gasteiger partial charge in [-0.05, 0) is 30.5 Å². The molecule has 1 aromatic carbocycles. The number of ether oxygens (including phenoxy) is 4. The van der Waals surface area contributed by atoms with Crippen molar-refractivity contribution < 1.29 is 23.7 Å². The quantitative estimate of drug-likeness (QED) is 0.672. The third-order valence-corrected chi connectivity index (χ3v) is 4.73. The lowest BCUT2D eigenvalue weighted by molar-refractivity contribution is 0.0107. The summed E-state index contributed by atoms with van der Waals surface area (Å²) in [6.07, 6.45) is 2.26. The number of hydrogen-bond donors (Lipinski definition) is 1. The molecule has 0 radical (unpaired) electrons. The van der Waals surface area contributed by atoms with Gasteiger partial charge in [-0.3, -0.25) is 0 Å². The number of amides is 1. The minimum Gasteiger partial charge on any atom is -0.497 e. The smallest absolute Gasteiger partial charge is 0.407 e. The Balaban J connectivity index is 1.90. The lowest BCUT2D eigenvalue weighted by atomic mass is 9.86. The number of nitrogens with one attached hydrogen (secondary N) is 1. The van der Waals surface area contributed by atoms with E-state index in [2.05, 4.69) is 26.1 Å². The normalized spacial score (nSPS) is 15.3. The molecule has 1 N–H and O–H groups in total. The van der Waals surface area contributed by atoms with Gasteiger partial charge in [0.05, 0.1) is 13.7 Å². The van der Waals surface area contributed by atoms with Crippen molar-refractivity contribution in [2.75, 3.05) is 27.4 Å². The third-order valence-electron chi connectivity index (χ3n) is 4.73. The number of alkyl carbamates (subject to hydrolysis) is 1. The van der Waals surface area contributed by atoms with Gasteiger partial charge in [-0.1, -0.05) is 20.8 Å². The van der Waals surface area contributed by atoms with Gasteiger partial charge in [0.2, 0.25) is 0 Å². The topological polar surface area (TPSA) is 66.0 Å². The van der Waals surface area contributed by atoms with Crippen molar-refractivity contribution in [2.24, 2.45) is 5.41 Å². The van der Waals surface area contributed by atoms with Gasteiger partial charge in [0.25, 0.3) is 0 Å². The number of rotatable bonds is 9. The monoisotopic (exact) mass is 365 g/mol. The van der Waals surface area contributed by atoms with Gasteiger partial charge in [0.15, 0.2) is 0 Å². The molecular weight excluding hydrogens is 334 g/mol. The third kappa shape index (κ3) is 5.53. The Bertz CT molecular complexity index is 605. The van der Waals surface area contributed by atoms with Gasteiger partial charge in [-0.25, -0.2) is 4.79 Å². The molecule has 0 spiro atoms. The summed E-state index contributed by atoms with van der Waals surface area (Å²) in [6, 6.07) is 5.60. The summed E-state index contributed by atoms with van der Waals surface area (Å²) in [5.74, 6) is 1.40. The van der Waals surface area contributed by atoms with E-state index in [0.717, 1.165) is 24.8 Å². The van der Waals surface area contributed by atoms with Crippen LogP contribution in [0, 0.1) is 5.41 Å². The van der Waals surface area contributed by atoms with Crippen molar-refractivity contribution >= 4 is 6.09 Å². The predicted molar refractivity (Wildman–Crippen MR) is 99.7 cm³/mol. The maximum atomic E-state index is 12.2. The van der Waals surface area contributed by atoms with Gasteiger partial charge >= 0.3 is 6.09 Å². The molecule has 6 nitrogen and oxygen atoms in total. The van der Waals surface area contributed by atoms with Crippen LogP contribution in [0.3, 0.4) is 0 Å². The SMILES string of the molecule is COCCCOc1cc(CNC(=O)OC2(C(C)(C)C)CC2)cc(OC)c1. The number of carbonyl (C=O) groups excluding carboxylic acids is 1. The molecule has 0 saturated heterocycles. The molecule has 0 heterocycles. The van der Waals surface area contributed by atoms with Crippen LogP contribution < -0.4 is 14.8 Å². The summed E-state index contributed by atoms with van der Waals surface area (Å²) < 4.78 is 21.7. The zero-order valence-electron chi connectivity index (χ0n) is 16.5. The molecule has 1 saturated carbocycles. The molecule has 2 rings (SSSR count). The van der Waals surface area contributed by atoms with E-state index in [1.54, 1.807) is 14.2 Å². The molecular formula is C20H31NO5. The standard InChI is InChI=1S/C20H31NO5/c1-19(2,3)20(7-8-20)26-18(22)21-14-15-11-16(24-5)13-17(12-15)25-10-6-9-23-4/h11-13H,6-10,14H2,1-5H3,(H,21,22). The van der Waals surface area contributed by atoms with E-state index < -0.39 is 0 Å². The van der Waals surface area contributed by atoms with Crippen LogP contribution in [0.5, 0.6) is 11.5 Å². The van der Waals surface area contributed by atoms with Crippen LogP contribution in [0.1, 0.15) is 45.6 Å². The molecule has 146 valence electrons. The van der Waals surface area contributed by atoms with E-state index >= 15 is 0 Å². The van der Waals surface area contributed by atoms with Gasteiger partial charge < -0.3 is 24.3 Å². The fourth-order valence-electron chi connectivity index (χ4n) is 2.83. The Morgan fingerprint density at radius 2 is 1.81 bits per heavy atom. The predicted octanol–water partition coefficient (Wildman–Crippen LogP) is 3.92. The molecule has 0 aliphatic heterocycles. The average molecular weight is 365 g/mol. The first-order valence-electron chi connectivity index (χ1n) is 9.06. The maximum Gasteiger partial charge on any atom is 0.407 e. The molecule has 0 unspecified atom stereocenters. The zero-order chi connectivity index (χ0) is 19.2. The van der Waals surface area contributed by atoms with Gasteiger partial charge in [-0.2, -0.15) is 0 Å². The highest BCUT2D eigenvalue weighted by atomic mass is 16.6. The number of benzene rings is 1. The first kappa shape index (κ1) is 20.4. The van der Waals surface area contributed by atoms with Crippen LogP contribution in [-0.4, -0.2) is 39.1 Å². The summed E-state index contributed by atoms with van der Waals surface area (Å²) in [4.78, 5) is 12.2. The summed E-state index contributed by atoms with van der Waals surface area (Å²) in [5.41, 5.74) is 0.508. The highest BCUT2D eigenvalue weighted by Gasteiger charge is 2.55. The Morgan fingerprint density at radius 3 is 2.38 bits per heavy atom. The van der Waals surface area contributed by atoms with Crippen molar-refractivity contribution in [2.45, 2.75) is 52.2 Å². The molecule has 1 aliphatic carbocycles. The summed E-state index contributed by atoms with van der Waals surface area (Å²) in [5, 5.41) is 2.83. The first-order chi connectivity index (χ1) is 12.3. The highest BCUT2D eigenvalue weighted by molar-refractivity contribution is 5.68. The second-order valence-electron chi connectivity index (χ2n) is 7.70. The van der Waals surface area contributed by atoms with Crippen LogP contribution in [0.2, 0.25) is 0 Å². The second kappa shape index (κ2) is 8.62. The minimum atomic E-state index is -0.386. The molecule has 1 fully saturated rings. The van der Waals surface area contributed by atoms with Crippen LogP contribution >= 0.6 is 0 Å². The van der Waals surface area contributed by atoms with Crippen LogP contribution in [0.15, 0.2) is 18.2 Å². The highest BCUT2D eigenvalue weighted by Crippen LogP contribution is 2.52. The van der Waals surface area contributed by atoms with E-state index in [4.69, 9.17) is 18.9 Å². The summed E-state index contributed by atoms with van der Waals surface area (Å²) >= 11 is 0. The second-order valence-corrected chi connectivity index (χ2v) is 7.70. The molecule has 1 amide bonds. The molecule has 1 aliphatic rings. The number of methoxy groups -OCH3 is 2. The molecule has 1 aromatic rings. The summed E-state index contributed by atoms with van der Waals surface area (Å²) in [7, 11) is 3.27. The zero-order valence-corrected chi connectivity index (χ0v) is 16.5. The molecule has 0 atom stereocenters. The van der Waals surface area contributed by atoms with Gasteiger partial charge in [0.1, 0.15) is 17.1 Å². The number of carbonyl (C=O) groups is 1. The van der Waals surface area contributed by atoms with Crippen molar-refractivity contribution in [3.8, 4) is 11.5 Å². The van der Waals surface area contributed by atoms with E-state index in [9.17, 15) is 4.79 Å². The van der Waals surface area contributed by atoms with Crippen molar-refractivity contribution in [3.05, 3.63) is 23.8 Å². The minimum absolute atomic E-state index is 0.0521. The Kier molecular flexibility index (Phi) is 6.75. The Labute approximate surface area is 156 Å². The van der Waals surface area contributed by atoms with Gasteiger partial charge in [-0.15, -0.1) is 0 Å². The van der Waals surface area contributed by atoms with Crippen molar-refractivity contribution in [1.29, 1.82) is 0 Å². The van der Waals surface area contributed by atoms with Gasteiger partial charge in [0, 0.05) is 38.2 Å². The van der Waals surface area contributed by atoms with E-state index in [1.807, 2.05) is 18.2 Å². The molecule has 0 aromatic heterocycles. The summed E-state index contributed by atoms with van der Waals surface area (Å²) in [6.45, 7) is 7.86. The first-order valence-corrected chi connectivity index (χ1v) is 9.06. The van der Waals surface area contributed by atoms with E-state index in [-0.39, 0.29) is 17.1 Å². The lowest BCUT2D eigenvalue weighted by Crippen LogP contribution is -2.37. The van der Waals surface area contributed by atoms with E-state index in [1.165, 1.54) is 0 Å². The van der Waals surface area contributed by atoms with Crippen LogP contribution in [-0.2, 0) is 16.0 Å². The maximum absolute atomic E-state index is 12.2. The lowest BCUT2D eigenvalue weighted by Gasteiger charge is -2.30. The van der Waals surface area contributed by atoms with Crippen molar-refractivity contribution in [1.82, 2.24) is 5.32 Å². The van der Waals surface area contributed by atoms with E-state index in [0.29, 0.717) is 31.3 Å². The Morgan fingerprint density at radius 1 is 1.12 bits per heavy atom. The average Bonchev–Trinajstić information content (AvgIpc) is 3.37. The molecule has 26 heavy (non-hydrogen) atoms. The molecule has 6 heteroatoms. The number of hydrogen-bond acceptors (Lipinski definition) is 5. The molecule has 0 bridgehead atoms. The fourth-order valence-corrected chi connectivity index (χ4v) is 2.83. The fraction of sp³-hybridized carbons (Fsp3) is 0.650. The van der Waals surface area contributed by atoms with Crippen LogP contribution in [0.25, 0.3) is 0 Å². The van der Waals surface area contributed by atoms with Crippen molar-refractivity contribution in [3.63, 3.8) is 0 Å². The van der Waals surface area contributed by atoms with Crippen LogP contribution in [0.4, 0.5) is 4.79 Å². The largest absolute Gasteiger partial charge is 0.497 e. The Hall–Kier alpha value is -1.95.